The van der Waals surface area contributed by atoms with Crippen molar-refractivity contribution in [3.63, 3.8) is 0 Å². The van der Waals surface area contributed by atoms with Crippen LogP contribution in [0.4, 0.5) is 14.6 Å². The number of carbonyl (C=O) groups is 1. The SMILES string of the molecule is CCC(c1ccc(F)cc1F)N1CCN(c2ccc(C(=O)N(C)C)nn2)CC1. The molecule has 8 heteroatoms. The molecule has 0 saturated carbocycles. The molecule has 1 saturated heterocycles. The number of amides is 1. The van der Waals surface area contributed by atoms with E-state index >= 15 is 0 Å². The van der Waals surface area contributed by atoms with Gasteiger partial charge in [-0.15, -0.1) is 10.2 Å². The van der Waals surface area contributed by atoms with Gasteiger partial charge in [-0.1, -0.05) is 13.0 Å². The van der Waals surface area contributed by atoms with E-state index < -0.39 is 11.6 Å². The smallest absolute Gasteiger partial charge is 0.273 e. The van der Waals surface area contributed by atoms with Crippen LogP contribution in [-0.2, 0) is 0 Å². The number of aromatic nitrogens is 2. The van der Waals surface area contributed by atoms with Gasteiger partial charge in [0.25, 0.3) is 5.91 Å². The topological polar surface area (TPSA) is 52.6 Å². The van der Waals surface area contributed by atoms with Gasteiger partial charge >= 0.3 is 0 Å². The fourth-order valence-corrected chi connectivity index (χ4v) is 3.55. The fraction of sp³-hybridized carbons (Fsp3) is 0.450. The molecule has 1 aromatic heterocycles. The molecular weight excluding hydrogens is 364 g/mol. The van der Waals surface area contributed by atoms with Gasteiger partial charge in [0, 0.05) is 57.9 Å². The third-order valence-corrected chi connectivity index (χ3v) is 5.06. The van der Waals surface area contributed by atoms with Crippen molar-refractivity contribution in [1.29, 1.82) is 0 Å². The standard InChI is InChI=1S/C20H25F2N5O/c1-4-18(15-6-5-14(21)13-16(15)22)26-9-11-27(12-10-26)19-8-7-17(23-24-19)20(28)25(2)3/h5-8,13,18H,4,9-12H2,1-3H3. The first-order valence-corrected chi connectivity index (χ1v) is 9.40. The van der Waals surface area contributed by atoms with E-state index in [1.807, 2.05) is 6.92 Å². The molecule has 1 aromatic carbocycles. The predicted molar refractivity (Wildman–Crippen MR) is 103 cm³/mol. The van der Waals surface area contributed by atoms with Gasteiger partial charge in [0.1, 0.15) is 11.6 Å². The summed E-state index contributed by atoms with van der Waals surface area (Å²) in [5.41, 5.74) is 0.842. The summed E-state index contributed by atoms with van der Waals surface area (Å²) >= 11 is 0. The van der Waals surface area contributed by atoms with E-state index in [1.165, 1.54) is 17.0 Å². The summed E-state index contributed by atoms with van der Waals surface area (Å²) in [5.74, 6) is -0.524. The Balaban J connectivity index is 1.65. The molecule has 3 rings (SSSR count). The van der Waals surface area contributed by atoms with Crippen molar-refractivity contribution in [2.45, 2.75) is 19.4 Å². The Bertz CT molecular complexity index is 820. The van der Waals surface area contributed by atoms with Crippen LogP contribution in [0.5, 0.6) is 0 Å². The Morgan fingerprint density at radius 1 is 1.11 bits per heavy atom. The second kappa shape index (κ2) is 8.60. The molecule has 0 N–H and O–H groups in total. The largest absolute Gasteiger partial charge is 0.353 e. The maximum Gasteiger partial charge on any atom is 0.273 e. The Morgan fingerprint density at radius 2 is 1.82 bits per heavy atom. The van der Waals surface area contributed by atoms with Gasteiger partial charge < -0.3 is 9.80 Å². The Kier molecular flexibility index (Phi) is 6.18. The molecular formula is C20H25F2N5O. The van der Waals surface area contributed by atoms with Crippen LogP contribution in [0.2, 0.25) is 0 Å². The van der Waals surface area contributed by atoms with Crippen molar-refractivity contribution in [3.05, 3.63) is 53.2 Å². The summed E-state index contributed by atoms with van der Waals surface area (Å²) < 4.78 is 27.4. The van der Waals surface area contributed by atoms with E-state index in [0.29, 0.717) is 11.3 Å². The van der Waals surface area contributed by atoms with Gasteiger partial charge in [-0.25, -0.2) is 8.78 Å². The van der Waals surface area contributed by atoms with E-state index in [4.69, 9.17) is 0 Å². The summed E-state index contributed by atoms with van der Waals surface area (Å²) in [7, 11) is 3.34. The lowest BCUT2D eigenvalue weighted by molar-refractivity contribution is 0.0821. The highest BCUT2D eigenvalue weighted by atomic mass is 19.1. The van der Waals surface area contributed by atoms with Gasteiger partial charge in [0.05, 0.1) is 0 Å². The highest BCUT2D eigenvalue weighted by Crippen LogP contribution is 2.28. The summed E-state index contributed by atoms with van der Waals surface area (Å²) in [6.45, 7) is 4.90. The summed E-state index contributed by atoms with van der Waals surface area (Å²) in [5, 5.41) is 8.22. The van der Waals surface area contributed by atoms with Gasteiger partial charge in [0.15, 0.2) is 11.5 Å². The van der Waals surface area contributed by atoms with Crippen LogP contribution < -0.4 is 4.90 Å². The molecule has 0 aliphatic carbocycles. The van der Waals surface area contributed by atoms with E-state index in [0.717, 1.165) is 44.5 Å². The Labute approximate surface area is 163 Å². The fourth-order valence-electron chi connectivity index (χ4n) is 3.55. The lowest BCUT2D eigenvalue weighted by Crippen LogP contribution is -2.48. The molecule has 1 aliphatic rings. The number of anilines is 1. The first kappa shape index (κ1) is 20.1. The maximum absolute atomic E-state index is 14.2. The molecule has 150 valence electrons. The molecule has 1 unspecified atom stereocenters. The Hall–Kier alpha value is -2.61. The average molecular weight is 389 g/mol. The number of benzene rings is 1. The number of hydrogen-bond donors (Lipinski definition) is 0. The van der Waals surface area contributed by atoms with E-state index in [9.17, 15) is 13.6 Å². The van der Waals surface area contributed by atoms with Gasteiger partial charge in [-0.2, -0.15) is 0 Å². The van der Waals surface area contributed by atoms with Gasteiger partial charge in [-0.3, -0.25) is 9.69 Å². The first-order valence-electron chi connectivity index (χ1n) is 9.40. The van der Waals surface area contributed by atoms with Crippen LogP contribution in [0.25, 0.3) is 0 Å². The monoisotopic (exact) mass is 389 g/mol. The zero-order valence-corrected chi connectivity index (χ0v) is 16.4. The van der Waals surface area contributed by atoms with Crippen molar-refractivity contribution in [2.75, 3.05) is 45.2 Å². The zero-order valence-electron chi connectivity index (χ0n) is 16.4. The number of carbonyl (C=O) groups excluding carboxylic acids is 1. The molecule has 0 radical (unpaired) electrons. The third-order valence-electron chi connectivity index (χ3n) is 5.06. The molecule has 2 aromatic rings. The van der Waals surface area contributed by atoms with Crippen LogP contribution in [0.3, 0.4) is 0 Å². The molecule has 6 nitrogen and oxygen atoms in total. The second-order valence-corrected chi connectivity index (χ2v) is 7.09. The van der Waals surface area contributed by atoms with E-state index in [2.05, 4.69) is 20.0 Å². The number of hydrogen-bond acceptors (Lipinski definition) is 5. The maximum atomic E-state index is 14.2. The number of rotatable bonds is 5. The van der Waals surface area contributed by atoms with E-state index in [-0.39, 0.29) is 11.9 Å². The van der Waals surface area contributed by atoms with Crippen molar-refractivity contribution in [3.8, 4) is 0 Å². The molecule has 0 bridgehead atoms. The highest BCUT2D eigenvalue weighted by molar-refractivity contribution is 5.91. The summed E-state index contributed by atoms with van der Waals surface area (Å²) in [4.78, 5) is 17.7. The van der Waals surface area contributed by atoms with Crippen LogP contribution in [0.15, 0.2) is 30.3 Å². The molecule has 0 spiro atoms. The molecule has 1 fully saturated rings. The quantitative estimate of drug-likeness (QED) is 0.787. The van der Waals surface area contributed by atoms with Crippen LogP contribution in [0.1, 0.15) is 35.4 Å². The highest BCUT2D eigenvalue weighted by Gasteiger charge is 2.26. The van der Waals surface area contributed by atoms with Crippen molar-refractivity contribution >= 4 is 11.7 Å². The zero-order chi connectivity index (χ0) is 20.3. The average Bonchev–Trinajstić information content (AvgIpc) is 2.70. The van der Waals surface area contributed by atoms with Crippen LogP contribution >= 0.6 is 0 Å². The third kappa shape index (κ3) is 4.27. The first-order chi connectivity index (χ1) is 13.4. The molecule has 2 heterocycles. The van der Waals surface area contributed by atoms with Gasteiger partial charge in [0.2, 0.25) is 0 Å². The molecule has 1 aliphatic heterocycles. The summed E-state index contributed by atoms with van der Waals surface area (Å²) in [6.07, 6.45) is 0.740. The minimum Gasteiger partial charge on any atom is -0.353 e. The Morgan fingerprint density at radius 3 is 2.36 bits per heavy atom. The normalized spacial score (nSPS) is 16.1. The van der Waals surface area contributed by atoms with Crippen LogP contribution in [0, 0.1) is 11.6 Å². The summed E-state index contributed by atoms with van der Waals surface area (Å²) in [6, 6.07) is 7.19. The molecule has 28 heavy (non-hydrogen) atoms. The van der Waals surface area contributed by atoms with Crippen molar-refractivity contribution < 1.29 is 13.6 Å². The van der Waals surface area contributed by atoms with E-state index in [1.54, 1.807) is 26.2 Å². The second-order valence-electron chi connectivity index (χ2n) is 7.09. The lowest BCUT2D eigenvalue weighted by atomic mass is 10.0. The minimum atomic E-state index is -0.560. The lowest BCUT2D eigenvalue weighted by Gasteiger charge is -2.39. The van der Waals surface area contributed by atoms with Crippen molar-refractivity contribution in [2.24, 2.45) is 0 Å². The number of halogens is 2. The van der Waals surface area contributed by atoms with Crippen molar-refractivity contribution in [1.82, 2.24) is 20.0 Å². The molecule has 1 amide bonds. The van der Waals surface area contributed by atoms with Crippen LogP contribution in [-0.4, -0.2) is 66.2 Å². The molecule has 1 atom stereocenters. The number of nitrogens with zero attached hydrogens (tertiary/aromatic N) is 5. The van der Waals surface area contributed by atoms with Gasteiger partial charge in [-0.05, 0) is 24.6 Å². The minimum absolute atomic E-state index is 0.0890. The number of piperazine rings is 1. The predicted octanol–water partition coefficient (Wildman–Crippen LogP) is 2.73.